The fourth-order valence-corrected chi connectivity index (χ4v) is 4.22. The molecule has 1 N–H and O–H groups in total. The Morgan fingerprint density at radius 3 is 1.65 bits per heavy atom. The van der Waals surface area contributed by atoms with Gasteiger partial charge in [0.15, 0.2) is 0 Å². The van der Waals surface area contributed by atoms with Crippen LogP contribution in [0.2, 0.25) is 10.0 Å². The Bertz CT molecular complexity index is 865. The molecule has 0 saturated heterocycles. The summed E-state index contributed by atoms with van der Waals surface area (Å²) < 4.78 is 25.9. The van der Waals surface area contributed by atoms with E-state index in [2.05, 4.69) is 0 Å². The first kappa shape index (κ1) is 19.1. The van der Waals surface area contributed by atoms with Gasteiger partial charge >= 0.3 is 0 Å². The number of hydrogen-bond donors (Lipinski definition) is 1. The molecule has 0 fully saturated rings. The lowest BCUT2D eigenvalue weighted by Gasteiger charge is -2.29. The van der Waals surface area contributed by atoms with Gasteiger partial charge < -0.3 is 5.11 Å². The van der Waals surface area contributed by atoms with Gasteiger partial charge in [0.25, 0.3) is 0 Å². The normalized spacial score (nSPS) is 12.8. The van der Waals surface area contributed by atoms with E-state index in [-0.39, 0.29) is 5.75 Å². The summed E-state index contributed by atoms with van der Waals surface area (Å²) in [5, 5.41) is 12.5. The molecule has 6 heteroatoms. The molecular weight excluding hydrogens is 394 g/mol. The van der Waals surface area contributed by atoms with Crippen LogP contribution in [0.4, 0.5) is 4.39 Å². The van der Waals surface area contributed by atoms with Crippen LogP contribution in [-0.4, -0.2) is 15.1 Å². The SMILES string of the molecule is O=S(CC(O)(c1ccc(Cl)cc1)c1ccc(Cl)cc1)c1ccc(F)cc1. The van der Waals surface area contributed by atoms with Crippen molar-refractivity contribution in [2.24, 2.45) is 0 Å². The average molecular weight is 409 g/mol. The van der Waals surface area contributed by atoms with E-state index >= 15 is 0 Å². The second-order valence-electron chi connectivity index (χ2n) is 5.82. The van der Waals surface area contributed by atoms with Crippen LogP contribution in [0.5, 0.6) is 0 Å². The summed E-state index contributed by atoms with van der Waals surface area (Å²) >= 11 is 11.9. The molecule has 1 unspecified atom stereocenters. The fraction of sp³-hybridized carbons (Fsp3) is 0.100. The highest BCUT2D eigenvalue weighted by Gasteiger charge is 2.34. The molecule has 0 spiro atoms. The van der Waals surface area contributed by atoms with Gasteiger partial charge in [-0.25, -0.2) is 4.39 Å². The zero-order chi connectivity index (χ0) is 18.7. The summed E-state index contributed by atoms with van der Waals surface area (Å²) in [5.74, 6) is -0.501. The van der Waals surface area contributed by atoms with Gasteiger partial charge in [0.2, 0.25) is 0 Å². The number of aliphatic hydroxyl groups is 1. The van der Waals surface area contributed by atoms with E-state index in [4.69, 9.17) is 23.2 Å². The molecular formula is C20H15Cl2FO2S. The van der Waals surface area contributed by atoms with E-state index in [1.54, 1.807) is 48.5 Å². The Kier molecular flexibility index (Phi) is 5.78. The second kappa shape index (κ2) is 7.89. The third-order valence-corrected chi connectivity index (χ3v) is 6.04. The second-order valence-corrected chi connectivity index (χ2v) is 8.14. The first-order chi connectivity index (χ1) is 12.4. The molecule has 1 atom stereocenters. The van der Waals surface area contributed by atoms with Crippen LogP contribution in [0.15, 0.2) is 77.7 Å². The molecule has 0 aliphatic carbocycles. The minimum atomic E-state index is -1.56. The number of hydrogen-bond acceptors (Lipinski definition) is 2. The number of benzene rings is 3. The van der Waals surface area contributed by atoms with E-state index in [1.165, 1.54) is 24.3 Å². The molecule has 3 aromatic rings. The van der Waals surface area contributed by atoms with Gasteiger partial charge in [-0.2, -0.15) is 0 Å². The average Bonchev–Trinajstić information content (AvgIpc) is 2.63. The molecule has 2 nitrogen and oxygen atoms in total. The van der Waals surface area contributed by atoms with Crippen molar-refractivity contribution in [3.05, 3.63) is 99.8 Å². The van der Waals surface area contributed by atoms with E-state index < -0.39 is 22.2 Å². The Labute approximate surface area is 163 Å². The van der Waals surface area contributed by atoms with Crippen molar-refractivity contribution in [3.63, 3.8) is 0 Å². The molecule has 0 heterocycles. The number of rotatable bonds is 5. The fourth-order valence-electron chi connectivity index (χ4n) is 2.64. The minimum absolute atomic E-state index is 0.0953. The lowest BCUT2D eigenvalue weighted by Crippen LogP contribution is -2.34. The van der Waals surface area contributed by atoms with Crippen LogP contribution < -0.4 is 0 Å². The first-order valence-corrected chi connectivity index (χ1v) is 9.84. The van der Waals surface area contributed by atoms with E-state index in [9.17, 15) is 13.7 Å². The van der Waals surface area contributed by atoms with E-state index in [0.717, 1.165) is 0 Å². The van der Waals surface area contributed by atoms with Gasteiger partial charge in [-0.1, -0.05) is 47.5 Å². The van der Waals surface area contributed by atoms with Gasteiger partial charge in [-0.05, 0) is 59.7 Å². The summed E-state index contributed by atoms with van der Waals surface area (Å²) in [6, 6.07) is 18.8. The van der Waals surface area contributed by atoms with Crippen LogP contribution in [0.25, 0.3) is 0 Å². The smallest absolute Gasteiger partial charge is 0.126 e. The van der Waals surface area contributed by atoms with Crippen molar-refractivity contribution in [2.75, 3.05) is 5.75 Å². The quantitative estimate of drug-likeness (QED) is 0.631. The highest BCUT2D eigenvalue weighted by atomic mass is 35.5. The summed E-state index contributed by atoms with van der Waals surface area (Å²) in [5.41, 5.74) is -0.409. The highest BCUT2D eigenvalue weighted by molar-refractivity contribution is 7.85. The lowest BCUT2D eigenvalue weighted by molar-refractivity contribution is 0.106. The molecule has 0 aromatic heterocycles. The maximum atomic E-state index is 13.1. The van der Waals surface area contributed by atoms with E-state index in [0.29, 0.717) is 26.1 Å². The van der Waals surface area contributed by atoms with Gasteiger partial charge in [0.1, 0.15) is 11.4 Å². The van der Waals surface area contributed by atoms with Gasteiger partial charge in [-0.15, -0.1) is 0 Å². The summed E-state index contributed by atoms with van der Waals surface area (Å²) in [6.45, 7) is 0. The molecule has 0 aliphatic rings. The van der Waals surface area contributed by atoms with Crippen LogP contribution in [0, 0.1) is 5.82 Å². The first-order valence-electron chi connectivity index (χ1n) is 7.77. The van der Waals surface area contributed by atoms with Crippen LogP contribution in [-0.2, 0) is 16.4 Å². The third-order valence-electron chi connectivity index (χ3n) is 4.06. The summed E-state index contributed by atoms with van der Waals surface area (Å²) in [4.78, 5) is 0.438. The van der Waals surface area contributed by atoms with Gasteiger partial charge in [-0.3, -0.25) is 4.21 Å². The Hall–Kier alpha value is -1.72. The van der Waals surface area contributed by atoms with Crippen LogP contribution in [0.1, 0.15) is 11.1 Å². The van der Waals surface area contributed by atoms with Gasteiger partial charge in [0.05, 0.1) is 16.6 Å². The molecule has 0 radical (unpaired) electrons. The van der Waals surface area contributed by atoms with Crippen molar-refractivity contribution >= 4 is 34.0 Å². The molecule has 0 amide bonds. The Morgan fingerprint density at radius 1 is 0.808 bits per heavy atom. The lowest BCUT2D eigenvalue weighted by atomic mass is 9.88. The zero-order valence-electron chi connectivity index (χ0n) is 13.5. The zero-order valence-corrected chi connectivity index (χ0v) is 15.9. The maximum Gasteiger partial charge on any atom is 0.126 e. The molecule has 0 bridgehead atoms. The minimum Gasteiger partial charge on any atom is -0.379 e. The van der Waals surface area contributed by atoms with Crippen molar-refractivity contribution in [3.8, 4) is 0 Å². The summed E-state index contributed by atoms with van der Waals surface area (Å²) in [7, 11) is -1.56. The monoisotopic (exact) mass is 408 g/mol. The Balaban J connectivity index is 2.02. The highest BCUT2D eigenvalue weighted by Crippen LogP contribution is 2.33. The Morgan fingerprint density at radius 2 is 1.23 bits per heavy atom. The van der Waals surface area contributed by atoms with Crippen molar-refractivity contribution in [2.45, 2.75) is 10.5 Å². The predicted molar refractivity (Wildman–Crippen MR) is 104 cm³/mol. The van der Waals surface area contributed by atoms with Crippen LogP contribution >= 0.6 is 23.2 Å². The third kappa shape index (κ3) is 4.15. The van der Waals surface area contributed by atoms with Crippen molar-refractivity contribution in [1.82, 2.24) is 0 Å². The molecule has 3 aromatic carbocycles. The van der Waals surface area contributed by atoms with E-state index in [1.807, 2.05) is 0 Å². The topological polar surface area (TPSA) is 37.3 Å². The predicted octanol–water partition coefficient (Wildman–Crippen LogP) is 5.18. The standard InChI is InChI=1S/C20H15Cl2FO2S/c21-16-5-1-14(2-6-16)20(24,15-3-7-17(22)8-4-15)13-26(25)19-11-9-18(23)10-12-19/h1-12,24H,13H2. The molecule has 26 heavy (non-hydrogen) atoms. The number of halogens is 3. The maximum absolute atomic E-state index is 13.1. The summed E-state index contributed by atoms with van der Waals surface area (Å²) in [6.07, 6.45) is 0. The molecule has 0 saturated carbocycles. The van der Waals surface area contributed by atoms with Crippen molar-refractivity contribution < 1.29 is 13.7 Å². The molecule has 134 valence electrons. The van der Waals surface area contributed by atoms with Gasteiger partial charge in [0, 0.05) is 14.9 Å². The largest absolute Gasteiger partial charge is 0.379 e. The van der Waals surface area contributed by atoms with Crippen molar-refractivity contribution in [1.29, 1.82) is 0 Å². The van der Waals surface area contributed by atoms with Crippen LogP contribution in [0.3, 0.4) is 0 Å². The molecule has 3 rings (SSSR count). The molecule has 0 aliphatic heterocycles.